The minimum Gasteiger partial charge on any atom is -0.476 e. The predicted molar refractivity (Wildman–Crippen MR) is 72.3 cm³/mol. The van der Waals surface area contributed by atoms with Gasteiger partial charge in [-0.25, -0.2) is 9.78 Å². The van der Waals surface area contributed by atoms with E-state index in [0.29, 0.717) is 17.4 Å². The Balaban J connectivity index is 2.06. The fraction of sp³-hybridized carbons (Fsp3) is 0.500. The minimum absolute atomic E-state index is 0.0892. The molecule has 1 N–H and O–H groups in total. The quantitative estimate of drug-likeness (QED) is 0.927. The summed E-state index contributed by atoms with van der Waals surface area (Å²) in [5.41, 5.74) is 0.220. The van der Waals surface area contributed by atoms with Gasteiger partial charge in [-0.15, -0.1) is 11.3 Å². The fourth-order valence-electron chi connectivity index (χ4n) is 2.61. The molecule has 0 amide bonds. The van der Waals surface area contributed by atoms with Gasteiger partial charge in [-0.1, -0.05) is 0 Å². The molecular weight excluding hydrogens is 266 g/mol. The van der Waals surface area contributed by atoms with E-state index < -0.39 is 5.97 Å². The molecule has 3 rings (SSSR count). The summed E-state index contributed by atoms with van der Waals surface area (Å²) in [6.07, 6.45) is 2.72. The van der Waals surface area contributed by atoms with Crippen molar-refractivity contribution in [3.8, 4) is 0 Å². The van der Waals surface area contributed by atoms with Crippen molar-refractivity contribution in [1.82, 2.24) is 9.38 Å². The SMILES string of the molecule is CC1OCCC1N(C)c1nc2sccn2c1C(=O)O. The summed E-state index contributed by atoms with van der Waals surface area (Å²) in [5.74, 6) is -0.444. The number of hydrogen-bond acceptors (Lipinski definition) is 5. The Morgan fingerprint density at radius 2 is 2.47 bits per heavy atom. The number of hydrogen-bond donors (Lipinski definition) is 1. The molecule has 2 atom stereocenters. The molecule has 0 aliphatic carbocycles. The smallest absolute Gasteiger partial charge is 0.356 e. The van der Waals surface area contributed by atoms with Gasteiger partial charge in [0.2, 0.25) is 0 Å². The molecule has 1 saturated heterocycles. The summed E-state index contributed by atoms with van der Waals surface area (Å²) in [6, 6.07) is 0.169. The van der Waals surface area contributed by atoms with Crippen molar-refractivity contribution >= 4 is 28.1 Å². The van der Waals surface area contributed by atoms with Crippen LogP contribution in [0.25, 0.3) is 4.96 Å². The molecule has 0 saturated carbocycles. The summed E-state index contributed by atoms with van der Waals surface area (Å²) in [7, 11) is 1.88. The molecule has 0 bridgehead atoms. The number of likely N-dealkylation sites (N-methyl/N-ethyl adjacent to an activating group) is 1. The van der Waals surface area contributed by atoms with Crippen LogP contribution in [-0.2, 0) is 4.74 Å². The Labute approximate surface area is 114 Å². The molecule has 2 unspecified atom stereocenters. The van der Waals surface area contributed by atoms with Gasteiger partial charge >= 0.3 is 5.97 Å². The van der Waals surface area contributed by atoms with Gasteiger partial charge in [-0.2, -0.15) is 0 Å². The number of ether oxygens (including phenoxy) is 1. The van der Waals surface area contributed by atoms with E-state index in [9.17, 15) is 9.90 Å². The Morgan fingerprint density at radius 1 is 1.68 bits per heavy atom. The van der Waals surface area contributed by atoms with Gasteiger partial charge < -0.3 is 14.7 Å². The third-order valence-electron chi connectivity index (χ3n) is 3.61. The number of carboxylic acid groups (broad SMARTS) is 1. The average molecular weight is 281 g/mol. The number of nitrogens with zero attached hydrogens (tertiary/aromatic N) is 3. The summed E-state index contributed by atoms with van der Waals surface area (Å²) in [6.45, 7) is 2.72. The highest BCUT2D eigenvalue weighted by atomic mass is 32.1. The van der Waals surface area contributed by atoms with Gasteiger partial charge in [-0.3, -0.25) is 4.40 Å². The van der Waals surface area contributed by atoms with Crippen molar-refractivity contribution in [1.29, 1.82) is 0 Å². The summed E-state index contributed by atoms with van der Waals surface area (Å²) < 4.78 is 7.17. The molecule has 102 valence electrons. The van der Waals surface area contributed by atoms with Gasteiger partial charge in [0.05, 0.1) is 12.1 Å². The van der Waals surface area contributed by atoms with Crippen LogP contribution in [0.1, 0.15) is 23.8 Å². The van der Waals surface area contributed by atoms with Gasteiger partial charge in [0, 0.05) is 25.2 Å². The normalized spacial score (nSPS) is 23.1. The van der Waals surface area contributed by atoms with E-state index >= 15 is 0 Å². The Morgan fingerprint density at radius 3 is 3.11 bits per heavy atom. The van der Waals surface area contributed by atoms with Crippen LogP contribution in [0, 0.1) is 0 Å². The zero-order valence-electron chi connectivity index (χ0n) is 10.7. The predicted octanol–water partition coefficient (Wildman–Crippen LogP) is 1.71. The van der Waals surface area contributed by atoms with Crippen LogP contribution in [0.15, 0.2) is 11.6 Å². The average Bonchev–Trinajstić information content (AvgIpc) is 3.00. The van der Waals surface area contributed by atoms with Crippen LogP contribution >= 0.6 is 11.3 Å². The molecule has 3 heterocycles. The van der Waals surface area contributed by atoms with Crippen LogP contribution in [0.2, 0.25) is 0 Å². The lowest BCUT2D eigenvalue weighted by Gasteiger charge is -2.27. The maximum atomic E-state index is 11.5. The van der Waals surface area contributed by atoms with E-state index in [4.69, 9.17) is 4.74 Å². The second-order valence-electron chi connectivity index (χ2n) is 4.69. The fourth-order valence-corrected chi connectivity index (χ4v) is 3.31. The maximum absolute atomic E-state index is 11.5. The third-order valence-corrected chi connectivity index (χ3v) is 4.37. The van der Waals surface area contributed by atoms with Crippen LogP contribution in [0.4, 0.5) is 5.82 Å². The van der Waals surface area contributed by atoms with E-state index in [1.807, 2.05) is 24.3 Å². The molecule has 7 heteroatoms. The molecule has 1 aliphatic rings. The van der Waals surface area contributed by atoms with Crippen LogP contribution in [0.5, 0.6) is 0 Å². The summed E-state index contributed by atoms with van der Waals surface area (Å²) >= 11 is 1.43. The monoisotopic (exact) mass is 281 g/mol. The highest BCUT2D eigenvalue weighted by molar-refractivity contribution is 7.15. The summed E-state index contributed by atoms with van der Waals surface area (Å²) in [4.78, 5) is 18.6. The Hall–Kier alpha value is -1.60. The first-order valence-electron chi connectivity index (χ1n) is 6.13. The van der Waals surface area contributed by atoms with Crippen LogP contribution in [-0.4, -0.2) is 46.3 Å². The molecule has 0 aromatic carbocycles. The molecule has 19 heavy (non-hydrogen) atoms. The zero-order chi connectivity index (χ0) is 13.6. The minimum atomic E-state index is -0.959. The number of rotatable bonds is 3. The first kappa shape index (κ1) is 12.4. The highest BCUT2D eigenvalue weighted by Crippen LogP contribution is 2.29. The van der Waals surface area contributed by atoms with E-state index in [0.717, 1.165) is 6.42 Å². The molecule has 2 aromatic rings. The molecule has 0 radical (unpaired) electrons. The van der Waals surface area contributed by atoms with Crippen LogP contribution in [0.3, 0.4) is 0 Å². The number of aromatic nitrogens is 2. The van der Waals surface area contributed by atoms with Crippen molar-refractivity contribution in [3.63, 3.8) is 0 Å². The molecular formula is C12H15N3O3S. The molecule has 2 aromatic heterocycles. The molecule has 1 fully saturated rings. The highest BCUT2D eigenvalue weighted by Gasteiger charge is 2.32. The first-order chi connectivity index (χ1) is 9.09. The first-order valence-corrected chi connectivity index (χ1v) is 7.01. The Bertz CT molecular complexity index is 621. The Kier molecular flexibility index (Phi) is 2.94. The lowest BCUT2D eigenvalue weighted by molar-refractivity contribution is 0.0689. The number of aromatic carboxylic acids is 1. The van der Waals surface area contributed by atoms with Crippen molar-refractivity contribution in [2.75, 3.05) is 18.6 Å². The maximum Gasteiger partial charge on any atom is 0.356 e. The van der Waals surface area contributed by atoms with Gasteiger partial charge in [0.15, 0.2) is 16.5 Å². The van der Waals surface area contributed by atoms with E-state index in [1.54, 1.807) is 10.6 Å². The van der Waals surface area contributed by atoms with Crippen molar-refractivity contribution in [2.45, 2.75) is 25.5 Å². The van der Waals surface area contributed by atoms with E-state index in [1.165, 1.54) is 11.3 Å². The number of fused-ring (bicyclic) bond motifs is 1. The van der Waals surface area contributed by atoms with Crippen molar-refractivity contribution in [2.24, 2.45) is 0 Å². The number of carbonyl (C=O) groups is 1. The summed E-state index contributed by atoms with van der Waals surface area (Å²) in [5, 5.41) is 11.2. The number of carboxylic acids is 1. The third kappa shape index (κ3) is 1.89. The van der Waals surface area contributed by atoms with Gasteiger partial charge in [0.25, 0.3) is 0 Å². The number of imidazole rings is 1. The second-order valence-corrected chi connectivity index (χ2v) is 5.56. The van der Waals surface area contributed by atoms with Crippen molar-refractivity contribution < 1.29 is 14.6 Å². The van der Waals surface area contributed by atoms with Crippen LogP contribution < -0.4 is 4.90 Å². The molecule has 1 aliphatic heterocycles. The van der Waals surface area contributed by atoms with Gasteiger partial charge in [0.1, 0.15) is 0 Å². The van der Waals surface area contributed by atoms with E-state index in [-0.39, 0.29) is 17.8 Å². The van der Waals surface area contributed by atoms with Crippen molar-refractivity contribution in [3.05, 3.63) is 17.3 Å². The lowest BCUT2D eigenvalue weighted by atomic mass is 10.1. The standard InChI is InChI=1S/C12H15N3O3S/c1-7-8(3-5-18-7)14(2)10-9(11(16)17)15-4-6-19-12(15)13-10/h4,6-8H,3,5H2,1-2H3,(H,16,17). The number of thiazole rings is 1. The van der Waals surface area contributed by atoms with Gasteiger partial charge in [-0.05, 0) is 13.3 Å². The lowest BCUT2D eigenvalue weighted by Crippen LogP contribution is -2.37. The number of anilines is 1. The van der Waals surface area contributed by atoms with E-state index in [2.05, 4.69) is 4.98 Å². The zero-order valence-corrected chi connectivity index (χ0v) is 11.6. The molecule has 6 nitrogen and oxygen atoms in total. The second kappa shape index (κ2) is 4.50. The largest absolute Gasteiger partial charge is 0.476 e. The molecule has 0 spiro atoms. The topological polar surface area (TPSA) is 67.1 Å².